The lowest BCUT2D eigenvalue weighted by molar-refractivity contribution is 0.125. The Hall–Kier alpha value is -0.310. The molecule has 0 spiro atoms. The second kappa shape index (κ2) is 4.11. The van der Waals surface area contributed by atoms with Crippen molar-refractivity contribution in [2.45, 2.75) is 66.0 Å². The molecule has 0 radical (unpaired) electrons. The Morgan fingerprint density at radius 1 is 1.29 bits per heavy atom. The molecule has 2 fully saturated rings. The molecule has 0 saturated heterocycles. The third-order valence-electron chi connectivity index (χ3n) is 4.96. The van der Waals surface area contributed by atoms with Gasteiger partial charge in [-0.3, -0.25) is 0 Å². The van der Waals surface area contributed by atoms with Crippen molar-refractivity contribution in [3.8, 4) is 0 Å². The van der Waals surface area contributed by atoms with Gasteiger partial charge in [0.25, 0.3) is 0 Å². The number of fused-ring (bicyclic) bond motifs is 2. The molecule has 2 N–H and O–H groups in total. The summed E-state index contributed by atoms with van der Waals surface area (Å²) in [5, 5.41) is 7.72. The molecule has 0 aliphatic heterocycles. The molecule has 2 nitrogen and oxygen atoms in total. The number of thiocarbonyl (C=S) groups is 1. The van der Waals surface area contributed by atoms with Crippen LogP contribution in [0.4, 0.5) is 0 Å². The highest BCUT2D eigenvalue weighted by Gasteiger charge is 2.59. The van der Waals surface area contributed by atoms with Crippen molar-refractivity contribution in [2.75, 3.05) is 0 Å². The monoisotopic (exact) mass is 254 g/mol. The number of hydrogen-bond acceptors (Lipinski definition) is 1. The van der Waals surface area contributed by atoms with E-state index >= 15 is 0 Å². The molecule has 3 atom stereocenters. The summed E-state index contributed by atoms with van der Waals surface area (Å²) in [6, 6.07) is 0.928. The van der Waals surface area contributed by atoms with Crippen molar-refractivity contribution < 1.29 is 0 Å². The minimum atomic E-state index is 0.371. The van der Waals surface area contributed by atoms with E-state index in [1.165, 1.54) is 19.3 Å². The largest absolute Gasteiger partial charge is 0.361 e. The standard InChI is InChI=1S/C14H26N2S/c1-9(2)15-12(17)16-11-13(3,4)10-6-7-14(11,5)8-10/h9-11H,6-8H2,1-5H3,(H2,15,16,17). The summed E-state index contributed by atoms with van der Waals surface area (Å²) >= 11 is 5.41. The number of hydrogen-bond donors (Lipinski definition) is 2. The first kappa shape index (κ1) is 13.1. The van der Waals surface area contributed by atoms with Crippen LogP contribution < -0.4 is 10.6 Å². The summed E-state index contributed by atoms with van der Waals surface area (Å²) in [7, 11) is 0. The molecule has 17 heavy (non-hydrogen) atoms. The molecule has 2 bridgehead atoms. The van der Waals surface area contributed by atoms with Gasteiger partial charge in [-0.2, -0.15) is 0 Å². The summed E-state index contributed by atoms with van der Waals surface area (Å²) in [6.07, 6.45) is 4.11. The molecule has 98 valence electrons. The molecule has 3 heteroatoms. The van der Waals surface area contributed by atoms with Crippen LogP contribution in [0.25, 0.3) is 0 Å². The molecule has 2 rings (SSSR count). The maximum atomic E-state index is 5.41. The van der Waals surface area contributed by atoms with Crippen LogP contribution in [0.5, 0.6) is 0 Å². The topological polar surface area (TPSA) is 24.1 Å². The summed E-state index contributed by atoms with van der Waals surface area (Å²) in [5.41, 5.74) is 0.812. The molecule has 2 saturated carbocycles. The minimum Gasteiger partial charge on any atom is -0.361 e. The van der Waals surface area contributed by atoms with Crippen molar-refractivity contribution >= 4 is 17.3 Å². The van der Waals surface area contributed by atoms with Gasteiger partial charge in [-0.15, -0.1) is 0 Å². The van der Waals surface area contributed by atoms with Crippen LogP contribution in [0, 0.1) is 16.7 Å². The van der Waals surface area contributed by atoms with E-state index in [4.69, 9.17) is 12.2 Å². The van der Waals surface area contributed by atoms with Crippen molar-refractivity contribution in [1.82, 2.24) is 10.6 Å². The highest BCUT2D eigenvalue weighted by Crippen LogP contribution is 2.62. The van der Waals surface area contributed by atoms with E-state index in [0.29, 0.717) is 22.9 Å². The lowest BCUT2D eigenvalue weighted by atomic mass is 9.68. The first-order chi connectivity index (χ1) is 7.75. The minimum absolute atomic E-state index is 0.371. The molecule has 0 heterocycles. The Balaban J connectivity index is 2.07. The Bertz CT molecular complexity index is 319. The summed E-state index contributed by atoms with van der Waals surface area (Å²) in [6.45, 7) is 11.5. The normalized spacial score (nSPS) is 38.5. The van der Waals surface area contributed by atoms with Gasteiger partial charge in [-0.1, -0.05) is 20.8 Å². The maximum Gasteiger partial charge on any atom is 0.166 e. The van der Waals surface area contributed by atoms with Gasteiger partial charge in [0.15, 0.2) is 5.11 Å². The smallest absolute Gasteiger partial charge is 0.166 e. The fraction of sp³-hybridized carbons (Fsp3) is 0.929. The average molecular weight is 254 g/mol. The van der Waals surface area contributed by atoms with E-state index in [9.17, 15) is 0 Å². The fourth-order valence-corrected chi connectivity index (χ4v) is 4.45. The Morgan fingerprint density at radius 2 is 1.94 bits per heavy atom. The summed E-state index contributed by atoms with van der Waals surface area (Å²) < 4.78 is 0. The quantitative estimate of drug-likeness (QED) is 0.741. The van der Waals surface area contributed by atoms with Crippen molar-refractivity contribution in [2.24, 2.45) is 16.7 Å². The molecule has 0 aromatic heterocycles. The molecule has 2 aliphatic carbocycles. The van der Waals surface area contributed by atoms with E-state index in [-0.39, 0.29) is 0 Å². The van der Waals surface area contributed by atoms with Crippen molar-refractivity contribution in [3.05, 3.63) is 0 Å². The second-order valence-electron chi connectivity index (χ2n) is 7.12. The van der Waals surface area contributed by atoms with Crippen LogP contribution in [-0.4, -0.2) is 17.2 Å². The van der Waals surface area contributed by atoms with Gasteiger partial charge >= 0.3 is 0 Å². The zero-order chi connectivity index (χ0) is 12.8. The van der Waals surface area contributed by atoms with E-state index in [1.54, 1.807) is 0 Å². The van der Waals surface area contributed by atoms with Gasteiger partial charge in [0.2, 0.25) is 0 Å². The Morgan fingerprint density at radius 3 is 2.41 bits per heavy atom. The molecule has 2 aliphatic rings. The summed E-state index contributed by atoms with van der Waals surface area (Å²) in [5.74, 6) is 0.867. The highest BCUT2D eigenvalue weighted by molar-refractivity contribution is 7.80. The number of rotatable bonds is 2. The second-order valence-corrected chi connectivity index (χ2v) is 7.53. The van der Waals surface area contributed by atoms with Gasteiger partial charge in [0.05, 0.1) is 0 Å². The first-order valence-electron chi connectivity index (χ1n) is 6.83. The molecular formula is C14H26N2S. The van der Waals surface area contributed by atoms with Gasteiger partial charge < -0.3 is 10.6 Å². The Labute approximate surface area is 111 Å². The van der Waals surface area contributed by atoms with Gasteiger partial charge in [-0.05, 0) is 62.1 Å². The van der Waals surface area contributed by atoms with Gasteiger partial charge in [0, 0.05) is 12.1 Å². The van der Waals surface area contributed by atoms with E-state index < -0.39 is 0 Å². The first-order valence-corrected chi connectivity index (χ1v) is 7.23. The Kier molecular flexibility index (Phi) is 3.18. The van der Waals surface area contributed by atoms with Crippen LogP contribution in [0.1, 0.15) is 53.9 Å². The average Bonchev–Trinajstić information content (AvgIpc) is 2.63. The molecule has 3 unspecified atom stereocenters. The van der Waals surface area contributed by atoms with Crippen molar-refractivity contribution in [3.63, 3.8) is 0 Å². The van der Waals surface area contributed by atoms with Crippen LogP contribution in [0.15, 0.2) is 0 Å². The third kappa shape index (κ3) is 2.18. The van der Waals surface area contributed by atoms with Gasteiger partial charge in [0.1, 0.15) is 0 Å². The molecule has 0 aromatic rings. The zero-order valence-electron chi connectivity index (χ0n) is 11.8. The van der Waals surface area contributed by atoms with E-state index in [0.717, 1.165) is 11.0 Å². The third-order valence-corrected chi connectivity index (χ3v) is 5.20. The van der Waals surface area contributed by atoms with Crippen LogP contribution in [-0.2, 0) is 0 Å². The van der Waals surface area contributed by atoms with E-state index in [2.05, 4.69) is 45.3 Å². The maximum absolute atomic E-state index is 5.41. The van der Waals surface area contributed by atoms with Crippen molar-refractivity contribution in [1.29, 1.82) is 0 Å². The highest BCUT2D eigenvalue weighted by atomic mass is 32.1. The fourth-order valence-electron chi connectivity index (χ4n) is 4.10. The molecule has 0 aromatic carbocycles. The number of nitrogens with one attached hydrogen (secondary N) is 2. The van der Waals surface area contributed by atoms with Crippen LogP contribution in [0.3, 0.4) is 0 Å². The van der Waals surface area contributed by atoms with Crippen LogP contribution >= 0.6 is 12.2 Å². The summed E-state index contributed by atoms with van der Waals surface area (Å²) in [4.78, 5) is 0. The lowest BCUT2D eigenvalue weighted by Gasteiger charge is -2.43. The van der Waals surface area contributed by atoms with Crippen LogP contribution in [0.2, 0.25) is 0 Å². The predicted molar refractivity (Wildman–Crippen MR) is 77.0 cm³/mol. The van der Waals surface area contributed by atoms with E-state index in [1.807, 2.05) is 0 Å². The molecule has 0 amide bonds. The molecular weight excluding hydrogens is 228 g/mol. The van der Waals surface area contributed by atoms with Gasteiger partial charge in [-0.25, -0.2) is 0 Å². The lowest BCUT2D eigenvalue weighted by Crippen LogP contribution is -2.55. The SMILES string of the molecule is CC(C)NC(=S)NC1C2(C)CCC(C2)C1(C)C. The predicted octanol–water partition coefficient (Wildman–Crippen LogP) is 3.07. The zero-order valence-corrected chi connectivity index (χ0v) is 12.6.